The Morgan fingerprint density at radius 2 is 2.25 bits per heavy atom. The Morgan fingerprint density at radius 1 is 1.50 bits per heavy atom. The molecule has 2 N–H and O–H groups in total. The first-order valence-electron chi connectivity index (χ1n) is 6.40. The van der Waals surface area contributed by atoms with E-state index in [1.165, 1.54) is 0 Å². The van der Waals surface area contributed by atoms with Crippen molar-refractivity contribution in [1.82, 2.24) is 9.88 Å². The molecule has 0 aliphatic carbocycles. The Balaban J connectivity index is 2.15. The Bertz CT molecular complexity index is 696. The molecule has 20 heavy (non-hydrogen) atoms. The zero-order valence-corrected chi connectivity index (χ0v) is 12.4. The van der Waals surface area contributed by atoms with Crippen LogP contribution in [0, 0.1) is 0 Å². The summed E-state index contributed by atoms with van der Waals surface area (Å²) in [6.45, 7) is 2.65. The van der Waals surface area contributed by atoms with Gasteiger partial charge < -0.3 is 15.0 Å². The van der Waals surface area contributed by atoms with Gasteiger partial charge in [-0.15, -0.1) is 0 Å². The third kappa shape index (κ3) is 1.99. The molecular formula is C14H14Cl2N2O2. The number of hydrogen-bond acceptors (Lipinski definition) is 2. The van der Waals surface area contributed by atoms with Crippen molar-refractivity contribution in [2.75, 3.05) is 13.2 Å². The van der Waals surface area contributed by atoms with Crippen LogP contribution < -0.4 is 0 Å². The maximum absolute atomic E-state index is 11.7. The number of carbonyl (C=O) groups is 1. The van der Waals surface area contributed by atoms with Crippen molar-refractivity contribution in [3.63, 3.8) is 0 Å². The standard InChI is InChI=1S/C14H14Cl2N2O2/c1-7-4-18(11(20)6-19)5-9-8-2-3-10(15)12(16)14(8)17-13(7)9/h2-3,7,17,19H,4-6H2,1H3. The van der Waals surface area contributed by atoms with Gasteiger partial charge in [0.05, 0.1) is 15.6 Å². The first kappa shape index (κ1) is 13.7. The Kier molecular flexibility index (Phi) is 3.40. The fraction of sp³-hybridized carbons (Fsp3) is 0.357. The molecule has 3 rings (SSSR count). The molecule has 4 nitrogen and oxygen atoms in total. The highest BCUT2D eigenvalue weighted by Crippen LogP contribution is 2.38. The topological polar surface area (TPSA) is 56.3 Å². The highest BCUT2D eigenvalue weighted by atomic mass is 35.5. The van der Waals surface area contributed by atoms with Gasteiger partial charge in [0.15, 0.2) is 0 Å². The molecule has 1 aliphatic heterocycles. The van der Waals surface area contributed by atoms with Crippen molar-refractivity contribution < 1.29 is 9.90 Å². The van der Waals surface area contributed by atoms with Crippen LogP contribution in [0.25, 0.3) is 10.9 Å². The Labute approximate surface area is 126 Å². The number of benzene rings is 1. The van der Waals surface area contributed by atoms with Crippen molar-refractivity contribution >= 4 is 40.0 Å². The quantitative estimate of drug-likeness (QED) is 0.850. The van der Waals surface area contributed by atoms with Gasteiger partial charge in [-0.2, -0.15) is 0 Å². The van der Waals surface area contributed by atoms with E-state index < -0.39 is 6.61 Å². The second kappa shape index (κ2) is 4.95. The summed E-state index contributed by atoms with van der Waals surface area (Å²) >= 11 is 12.3. The predicted octanol–water partition coefficient (Wildman–Crippen LogP) is 2.91. The minimum atomic E-state index is -0.461. The summed E-state index contributed by atoms with van der Waals surface area (Å²) < 4.78 is 0. The average molecular weight is 313 g/mol. The van der Waals surface area contributed by atoms with E-state index in [1.807, 2.05) is 13.0 Å². The molecule has 1 unspecified atom stereocenters. The van der Waals surface area contributed by atoms with Crippen molar-refractivity contribution in [3.05, 3.63) is 33.4 Å². The lowest BCUT2D eigenvalue weighted by molar-refractivity contribution is -0.135. The molecule has 2 aromatic rings. The predicted molar refractivity (Wildman–Crippen MR) is 79.2 cm³/mol. The number of nitrogens with zero attached hydrogens (tertiary/aromatic N) is 1. The molecule has 1 aromatic carbocycles. The van der Waals surface area contributed by atoms with Crippen LogP contribution in [0.1, 0.15) is 24.1 Å². The maximum atomic E-state index is 11.7. The van der Waals surface area contributed by atoms with Gasteiger partial charge in [-0.3, -0.25) is 4.79 Å². The van der Waals surface area contributed by atoms with E-state index in [-0.39, 0.29) is 11.8 Å². The summed E-state index contributed by atoms with van der Waals surface area (Å²) in [5, 5.41) is 11.0. The molecular weight excluding hydrogens is 299 g/mol. The Hall–Kier alpha value is -1.23. The number of aliphatic hydroxyl groups excluding tert-OH is 1. The van der Waals surface area contributed by atoms with Crippen LogP contribution in [0.5, 0.6) is 0 Å². The third-order valence-electron chi connectivity index (χ3n) is 3.83. The SMILES string of the molecule is CC1CN(C(=O)CO)Cc2c1[nH]c1c(Cl)c(Cl)ccc21. The normalized spacial score (nSPS) is 18.4. The van der Waals surface area contributed by atoms with Crippen LogP contribution in [0.3, 0.4) is 0 Å². The first-order valence-corrected chi connectivity index (χ1v) is 7.15. The van der Waals surface area contributed by atoms with Crippen LogP contribution in [-0.4, -0.2) is 34.0 Å². The summed E-state index contributed by atoms with van der Waals surface area (Å²) in [6.07, 6.45) is 0. The van der Waals surface area contributed by atoms with E-state index in [2.05, 4.69) is 4.98 Å². The molecule has 1 aliphatic rings. The average Bonchev–Trinajstić information content (AvgIpc) is 2.82. The molecule has 2 heterocycles. The Morgan fingerprint density at radius 3 is 2.95 bits per heavy atom. The maximum Gasteiger partial charge on any atom is 0.248 e. The number of H-pyrrole nitrogens is 1. The van der Waals surface area contributed by atoms with E-state index in [1.54, 1.807) is 11.0 Å². The molecule has 106 valence electrons. The van der Waals surface area contributed by atoms with Crippen LogP contribution in [0.2, 0.25) is 10.0 Å². The molecule has 0 saturated heterocycles. The number of nitrogens with one attached hydrogen (secondary N) is 1. The number of halogens is 2. The van der Waals surface area contributed by atoms with Gasteiger partial charge in [-0.05, 0) is 6.07 Å². The first-order chi connectivity index (χ1) is 9.52. The van der Waals surface area contributed by atoms with E-state index in [9.17, 15) is 4.79 Å². The molecule has 0 saturated carbocycles. The van der Waals surface area contributed by atoms with Gasteiger partial charge in [0, 0.05) is 35.7 Å². The number of aromatic nitrogens is 1. The monoisotopic (exact) mass is 312 g/mol. The highest BCUT2D eigenvalue weighted by Gasteiger charge is 2.29. The van der Waals surface area contributed by atoms with E-state index in [4.69, 9.17) is 28.3 Å². The number of fused-ring (bicyclic) bond motifs is 3. The number of carbonyl (C=O) groups excluding carboxylic acids is 1. The number of hydrogen-bond donors (Lipinski definition) is 2. The highest BCUT2D eigenvalue weighted by molar-refractivity contribution is 6.45. The number of aliphatic hydroxyl groups is 1. The number of rotatable bonds is 1. The van der Waals surface area contributed by atoms with Crippen LogP contribution in [-0.2, 0) is 11.3 Å². The van der Waals surface area contributed by atoms with E-state index in [0.717, 1.165) is 22.2 Å². The fourth-order valence-electron chi connectivity index (χ4n) is 2.84. The van der Waals surface area contributed by atoms with Crippen molar-refractivity contribution in [2.45, 2.75) is 19.4 Å². The molecule has 0 spiro atoms. The van der Waals surface area contributed by atoms with Gasteiger partial charge in [-0.1, -0.05) is 36.2 Å². The molecule has 1 aromatic heterocycles. The summed E-state index contributed by atoms with van der Waals surface area (Å²) in [6, 6.07) is 3.68. The minimum Gasteiger partial charge on any atom is -0.387 e. The van der Waals surface area contributed by atoms with E-state index >= 15 is 0 Å². The molecule has 6 heteroatoms. The van der Waals surface area contributed by atoms with Crippen LogP contribution in [0.15, 0.2) is 12.1 Å². The van der Waals surface area contributed by atoms with Crippen molar-refractivity contribution in [2.24, 2.45) is 0 Å². The fourth-order valence-corrected chi connectivity index (χ4v) is 3.21. The molecule has 0 fully saturated rings. The second-order valence-corrected chi connectivity index (χ2v) is 5.92. The lowest BCUT2D eigenvalue weighted by Crippen LogP contribution is -2.38. The lowest BCUT2D eigenvalue weighted by Gasteiger charge is -2.30. The van der Waals surface area contributed by atoms with Crippen LogP contribution in [0.4, 0.5) is 0 Å². The summed E-state index contributed by atoms with van der Waals surface area (Å²) in [7, 11) is 0. The molecule has 1 atom stereocenters. The lowest BCUT2D eigenvalue weighted by atomic mass is 9.96. The summed E-state index contributed by atoms with van der Waals surface area (Å²) in [5.41, 5.74) is 2.96. The summed E-state index contributed by atoms with van der Waals surface area (Å²) in [5.74, 6) is -0.0894. The summed E-state index contributed by atoms with van der Waals surface area (Å²) in [4.78, 5) is 16.7. The van der Waals surface area contributed by atoms with Gasteiger partial charge in [-0.25, -0.2) is 0 Å². The van der Waals surface area contributed by atoms with Gasteiger partial charge in [0.2, 0.25) is 5.91 Å². The van der Waals surface area contributed by atoms with Gasteiger partial charge >= 0.3 is 0 Å². The van der Waals surface area contributed by atoms with Gasteiger partial charge in [0.25, 0.3) is 0 Å². The molecule has 1 amide bonds. The molecule has 0 bridgehead atoms. The third-order valence-corrected chi connectivity index (χ3v) is 4.63. The minimum absolute atomic E-state index is 0.163. The second-order valence-electron chi connectivity index (χ2n) is 5.13. The molecule has 0 radical (unpaired) electrons. The number of aromatic amines is 1. The van der Waals surface area contributed by atoms with E-state index in [0.29, 0.717) is 23.1 Å². The number of amides is 1. The van der Waals surface area contributed by atoms with Crippen LogP contribution >= 0.6 is 23.2 Å². The van der Waals surface area contributed by atoms with Gasteiger partial charge in [0.1, 0.15) is 6.61 Å². The zero-order chi connectivity index (χ0) is 14.4. The zero-order valence-electron chi connectivity index (χ0n) is 10.9. The smallest absolute Gasteiger partial charge is 0.248 e. The van der Waals surface area contributed by atoms with Crippen molar-refractivity contribution in [3.8, 4) is 0 Å². The van der Waals surface area contributed by atoms with Crippen molar-refractivity contribution in [1.29, 1.82) is 0 Å². The largest absolute Gasteiger partial charge is 0.387 e.